The smallest absolute Gasteiger partial charge is 0.293 e. The molecule has 0 amide bonds. The first-order valence-corrected chi connectivity index (χ1v) is 5.74. The quantitative estimate of drug-likeness (QED) is 0.408. The monoisotopic (exact) mass is 252 g/mol. The molecule has 1 fully saturated rings. The highest BCUT2D eigenvalue weighted by Crippen LogP contribution is 2.25. The molecule has 98 valence electrons. The zero-order valence-corrected chi connectivity index (χ0v) is 9.87. The predicted octanol–water partition coefficient (Wildman–Crippen LogP) is 0.447. The summed E-state index contributed by atoms with van der Waals surface area (Å²) in [7, 11) is 0. The molecule has 0 bridgehead atoms. The van der Waals surface area contributed by atoms with E-state index < -0.39 is 4.92 Å². The maximum atomic E-state index is 10.9. The van der Waals surface area contributed by atoms with Gasteiger partial charge in [-0.15, -0.1) is 0 Å². The van der Waals surface area contributed by atoms with Gasteiger partial charge in [0.2, 0.25) is 0 Å². The summed E-state index contributed by atoms with van der Waals surface area (Å²) in [5.74, 6) is 5.22. The Hall–Kier alpha value is -1.70. The molecule has 4 N–H and O–H groups in total. The van der Waals surface area contributed by atoms with E-state index in [2.05, 4.69) is 10.3 Å². The van der Waals surface area contributed by atoms with Crippen molar-refractivity contribution >= 4 is 11.4 Å². The first kappa shape index (κ1) is 12.7. The minimum Gasteiger partial charge on any atom is -0.392 e. The van der Waals surface area contributed by atoms with Gasteiger partial charge in [-0.05, 0) is 18.1 Å². The molecule has 18 heavy (non-hydrogen) atoms. The first-order valence-electron chi connectivity index (χ1n) is 5.74. The number of hydrogen-bond acceptors (Lipinski definition) is 6. The number of aliphatic hydroxyl groups excluding tert-OH is 1. The number of nitrogens with one attached hydrogen (secondary N) is 1. The molecule has 1 atom stereocenters. The average Bonchev–Trinajstić information content (AvgIpc) is 2.74. The summed E-state index contributed by atoms with van der Waals surface area (Å²) < 4.78 is 0. The van der Waals surface area contributed by atoms with Gasteiger partial charge in [-0.25, -0.2) is 0 Å². The highest BCUT2D eigenvalue weighted by Gasteiger charge is 2.21. The van der Waals surface area contributed by atoms with Gasteiger partial charge in [0, 0.05) is 25.7 Å². The number of likely N-dealkylation sites (tertiary alicyclic amines) is 1. The Morgan fingerprint density at radius 2 is 2.39 bits per heavy atom. The van der Waals surface area contributed by atoms with Gasteiger partial charge in [-0.3, -0.25) is 20.9 Å². The fourth-order valence-electron chi connectivity index (χ4n) is 2.16. The second kappa shape index (κ2) is 5.30. The number of rotatable bonds is 4. The fourth-order valence-corrected chi connectivity index (χ4v) is 2.16. The van der Waals surface area contributed by atoms with E-state index in [9.17, 15) is 15.2 Å². The van der Waals surface area contributed by atoms with Gasteiger partial charge in [-0.1, -0.05) is 6.07 Å². The Bertz CT molecular complexity index is 452. The van der Waals surface area contributed by atoms with Crippen LogP contribution >= 0.6 is 0 Å². The minimum atomic E-state index is -0.461. The standard InChI is InChI=1S/C11H16N4O3/c12-13-10-2-1-8(5-11(10)15(17)18)6-14-4-3-9(16)7-14/h1-2,5,9,13,16H,3-4,6-7,12H2. The largest absolute Gasteiger partial charge is 0.392 e. The third kappa shape index (κ3) is 2.76. The predicted molar refractivity (Wildman–Crippen MR) is 66.8 cm³/mol. The molecule has 1 aromatic rings. The van der Waals surface area contributed by atoms with Gasteiger partial charge in [0.15, 0.2) is 0 Å². The van der Waals surface area contributed by atoms with E-state index >= 15 is 0 Å². The van der Waals surface area contributed by atoms with Crippen molar-refractivity contribution in [2.45, 2.75) is 19.1 Å². The summed E-state index contributed by atoms with van der Waals surface area (Å²) in [4.78, 5) is 12.5. The first-order chi connectivity index (χ1) is 8.60. The molecule has 2 rings (SSSR count). The maximum absolute atomic E-state index is 10.9. The molecular formula is C11H16N4O3. The number of hydrogen-bond donors (Lipinski definition) is 3. The third-order valence-electron chi connectivity index (χ3n) is 3.07. The SMILES string of the molecule is NNc1ccc(CN2CCC(O)C2)cc1[N+](=O)[O-]. The van der Waals surface area contributed by atoms with E-state index in [0.717, 1.165) is 18.5 Å². The Kier molecular flexibility index (Phi) is 3.75. The normalized spacial score (nSPS) is 20.0. The Morgan fingerprint density at radius 1 is 1.61 bits per heavy atom. The zero-order chi connectivity index (χ0) is 13.1. The number of nitro groups is 1. The van der Waals surface area contributed by atoms with Crippen molar-refractivity contribution in [2.75, 3.05) is 18.5 Å². The van der Waals surface area contributed by atoms with Crippen LogP contribution in [0.25, 0.3) is 0 Å². The lowest BCUT2D eigenvalue weighted by molar-refractivity contribution is -0.384. The van der Waals surface area contributed by atoms with Crippen molar-refractivity contribution in [3.8, 4) is 0 Å². The molecule has 1 aromatic carbocycles. The number of nitrogen functional groups attached to an aromatic ring is 1. The number of hydrazine groups is 1. The topological polar surface area (TPSA) is 105 Å². The van der Waals surface area contributed by atoms with E-state index in [1.54, 1.807) is 12.1 Å². The molecule has 7 nitrogen and oxygen atoms in total. The molecule has 1 aliphatic rings. The van der Waals surface area contributed by atoms with E-state index in [0.29, 0.717) is 18.8 Å². The van der Waals surface area contributed by atoms with Crippen LogP contribution in [0.2, 0.25) is 0 Å². The average molecular weight is 252 g/mol. The summed E-state index contributed by atoms with van der Waals surface area (Å²) in [6.45, 7) is 2.03. The van der Waals surface area contributed by atoms with Crippen molar-refractivity contribution < 1.29 is 10.0 Å². The van der Waals surface area contributed by atoms with Crippen LogP contribution in [0.5, 0.6) is 0 Å². The number of nitrogens with zero attached hydrogens (tertiary/aromatic N) is 2. The molecule has 1 aliphatic heterocycles. The molecule has 1 saturated heterocycles. The minimum absolute atomic E-state index is 0.0326. The van der Waals surface area contributed by atoms with Crippen LogP contribution in [0, 0.1) is 10.1 Å². The Labute approximate surface area is 104 Å². The van der Waals surface area contributed by atoms with Crippen LogP contribution < -0.4 is 11.3 Å². The number of anilines is 1. The lowest BCUT2D eigenvalue weighted by Crippen LogP contribution is -2.21. The lowest BCUT2D eigenvalue weighted by atomic mass is 10.1. The summed E-state index contributed by atoms with van der Waals surface area (Å²) in [5.41, 5.74) is 3.42. The number of nitro benzene ring substituents is 1. The molecule has 0 aliphatic carbocycles. The van der Waals surface area contributed by atoms with Crippen LogP contribution in [0.3, 0.4) is 0 Å². The molecule has 1 heterocycles. The molecule has 7 heteroatoms. The van der Waals surface area contributed by atoms with Gasteiger partial charge in [0.25, 0.3) is 5.69 Å². The second-order valence-corrected chi connectivity index (χ2v) is 4.43. The van der Waals surface area contributed by atoms with Crippen molar-refractivity contribution in [3.05, 3.63) is 33.9 Å². The van der Waals surface area contributed by atoms with Crippen molar-refractivity contribution in [3.63, 3.8) is 0 Å². The Balaban J connectivity index is 2.14. The van der Waals surface area contributed by atoms with E-state index in [1.807, 2.05) is 0 Å². The van der Waals surface area contributed by atoms with Gasteiger partial charge in [0.1, 0.15) is 5.69 Å². The third-order valence-corrected chi connectivity index (χ3v) is 3.07. The summed E-state index contributed by atoms with van der Waals surface area (Å²) >= 11 is 0. The van der Waals surface area contributed by atoms with Crippen LogP contribution in [-0.4, -0.2) is 34.1 Å². The fraction of sp³-hybridized carbons (Fsp3) is 0.455. The number of β-amino-alcohol motifs (C(OH)–C–C–N with tert-alkyl or cyclic N) is 1. The van der Waals surface area contributed by atoms with E-state index in [-0.39, 0.29) is 11.8 Å². The second-order valence-electron chi connectivity index (χ2n) is 4.43. The van der Waals surface area contributed by atoms with Crippen LogP contribution in [0.15, 0.2) is 18.2 Å². The van der Waals surface area contributed by atoms with Gasteiger partial charge in [-0.2, -0.15) is 0 Å². The molecule has 0 radical (unpaired) electrons. The van der Waals surface area contributed by atoms with E-state index in [4.69, 9.17) is 5.84 Å². The van der Waals surface area contributed by atoms with Crippen molar-refractivity contribution in [1.82, 2.24) is 4.90 Å². The maximum Gasteiger partial charge on any atom is 0.293 e. The van der Waals surface area contributed by atoms with Gasteiger partial charge in [0.05, 0.1) is 11.0 Å². The zero-order valence-electron chi connectivity index (χ0n) is 9.87. The van der Waals surface area contributed by atoms with Crippen LogP contribution in [0.4, 0.5) is 11.4 Å². The van der Waals surface area contributed by atoms with Crippen molar-refractivity contribution in [1.29, 1.82) is 0 Å². The number of nitrogens with two attached hydrogens (primary N) is 1. The lowest BCUT2D eigenvalue weighted by Gasteiger charge is -2.15. The van der Waals surface area contributed by atoms with Gasteiger partial charge < -0.3 is 10.5 Å². The Morgan fingerprint density at radius 3 is 2.94 bits per heavy atom. The molecule has 0 aromatic heterocycles. The molecule has 1 unspecified atom stereocenters. The van der Waals surface area contributed by atoms with Crippen molar-refractivity contribution in [2.24, 2.45) is 5.84 Å². The summed E-state index contributed by atoms with van der Waals surface area (Å²) in [5, 5.41) is 20.3. The molecule has 0 saturated carbocycles. The van der Waals surface area contributed by atoms with Gasteiger partial charge >= 0.3 is 0 Å². The van der Waals surface area contributed by atoms with Crippen LogP contribution in [0.1, 0.15) is 12.0 Å². The number of benzene rings is 1. The molecule has 0 spiro atoms. The van der Waals surface area contributed by atoms with Crippen LogP contribution in [-0.2, 0) is 6.54 Å². The molecular weight excluding hydrogens is 236 g/mol. The number of aliphatic hydroxyl groups is 1. The van der Waals surface area contributed by atoms with E-state index in [1.165, 1.54) is 6.07 Å². The summed E-state index contributed by atoms with van der Waals surface area (Å²) in [6, 6.07) is 4.91. The summed E-state index contributed by atoms with van der Waals surface area (Å²) in [6.07, 6.45) is 0.467. The highest BCUT2D eigenvalue weighted by molar-refractivity contribution is 5.61. The highest BCUT2D eigenvalue weighted by atomic mass is 16.6.